The van der Waals surface area contributed by atoms with Crippen molar-refractivity contribution in [2.24, 2.45) is 0 Å². The Hall–Kier alpha value is -0.540. The van der Waals surface area contributed by atoms with E-state index in [2.05, 4.69) is 53.3 Å². The molecule has 2 nitrogen and oxygen atoms in total. The Morgan fingerprint density at radius 1 is 1.31 bits per heavy atom. The number of halogens is 1. The first-order valence-electron chi connectivity index (χ1n) is 5.82. The molecule has 0 atom stereocenters. The topological polar surface area (TPSA) is 21.3 Å². The molecule has 0 unspecified atom stereocenters. The Kier molecular flexibility index (Phi) is 6.50. The van der Waals surface area contributed by atoms with Gasteiger partial charge in [-0.05, 0) is 31.0 Å². The fourth-order valence-corrected chi connectivity index (χ4v) is 1.75. The number of anilines is 1. The van der Waals surface area contributed by atoms with E-state index in [1.165, 1.54) is 17.7 Å². The Balaban J connectivity index is 2.23. The van der Waals surface area contributed by atoms with Crippen LogP contribution in [0.1, 0.15) is 25.3 Å². The number of hydrogen-bond donors (Lipinski definition) is 1. The smallest absolute Gasteiger partial charge is 0.0639 e. The molecule has 0 bridgehead atoms. The normalized spacial score (nSPS) is 10.4. The minimum Gasteiger partial charge on any atom is -0.382 e. The van der Waals surface area contributed by atoms with Crippen LogP contribution in [0.15, 0.2) is 22.7 Å². The van der Waals surface area contributed by atoms with E-state index >= 15 is 0 Å². The van der Waals surface area contributed by atoms with Crippen molar-refractivity contribution >= 4 is 21.6 Å². The fourth-order valence-electron chi connectivity index (χ4n) is 1.39. The molecule has 0 radical (unpaired) electrons. The molecule has 3 heteroatoms. The van der Waals surface area contributed by atoms with Crippen molar-refractivity contribution < 1.29 is 4.74 Å². The Morgan fingerprint density at radius 3 is 2.88 bits per heavy atom. The Morgan fingerprint density at radius 2 is 2.12 bits per heavy atom. The molecule has 0 amide bonds. The molecule has 0 heterocycles. The van der Waals surface area contributed by atoms with Crippen LogP contribution in [0, 0.1) is 6.92 Å². The lowest BCUT2D eigenvalue weighted by molar-refractivity contribution is 0.141. The highest BCUT2D eigenvalue weighted by Gasteiger charge is 1.97. The lowest BCUT2D eigenvalue weighted by Gasteiger charge is -2.10. The number of nitrogens with one attached hydrogen (secondary N) is 1. The molecular weight excluding hydrogens is 266 g/mol. The summed E-state index contributed by atoms with van der Waals surface area (Å²) >= 11 is 3.47. The van der Waals surface area contributed by atoms with Crippen LogP contribution in [-0.4, -0.2) is 19.8 Å². The van der Waals surface area contributed by atoms with Crippen LogP contribution in [0.4, 0.5) is 5.69 Å². The molecule has 0 fully saturated rings. The van der Waals surface area contributed by atoms with Gasteiger partial charge in [0.25, 0.3) is 0 Å². The van der Waals surface area contributed by atoms with E-state index in [0.29, 0.717) is 0 Å². The predicted octanol–water partition coefficient (Wildman–Crippen LogP) is 3.99. The van der Waals surface area contributed by atoms with Gasteiger partial charge in [0, 0.05) is 23.3 Å². The van der Waals surface area contributed by atoms with E-state index in [4.69, 9.17) is 4.74 Å². The third-order valence-corrected chi connectivity index (χ3v) is 2.90. The number of benzene rings is 1. The molecule has 90 valence electrons. The minimum absolute atomic E-state index is 0.770. The van der Waals surface area contributed by atoms with Crippen LogP contribution < -0.4 is 5.32 Å². The first kappa shape index (κ1) is 13.5. The molecule has 0 saturated heterocycles. The van der Waals surface area contributed by atoms with Crippen molar-refractivity contribution in [1.82, 2.24) is 0 Å². The summed E-state index contributed by atoms with van der Waals surface area (Å²) in [5, 5.41) is 3.38. The summed E-state index contributed by atoms with van der Waals surface area (Å²) < 4.78 is 6.60. The van der Waals surface area contributed by atoms with Crippen LogP contribution >= 0.6 is 15.9 Å². The lowest BCUT2D eigenvalue weighted by atomic mass is 10.2. The fraction of sp³-hybridized carbons (Fsp3) is 0.538. The van der Waals surface area contributed by atoms with Gasteiger partial charge in [0.1, 0.15) is 0 Å². The maximum atomic E-state index is 5.49. The highest BCUT2D eigenvalue weighted by Crippen LogP contribution is 2.20. The van der Waals surface area contributed by atoms with Gasteiger partial charge in [-0.3, -0.25) is 0 Å². The van der Waals surface area contributed by atoms with E-state index < -0.39 is 0 Å². The zero-order chi connectivity index (χ0) is 11.8. The molecule has 0 aliphatic heterocycles. The number of rotatable bonds is 7. The van der Waals surface area contributed by atoms with Gasteiger partial charge in [-0.25, -0.2) is 0 Å². The third-order valence-electron chi connectivity index (χ3n) is 2.40. The van der Waals surface area contributed by atoms with Gasteiger partial charge in [-0.2, -0.15) is 0 Å². The Labute approximate surface area is 107 Å². The lowest BCUT2D eigenvalue weighted by Crippen LogP contribution is -2.10. The van der Waals surface area contributed by atoms with E-state index in [1.807, 2.05) is 0 Å². The summed E-state index contributed by atoms with van der Waals surface area (Å²) in [6.45, 7) is 6.78. The van der Waals surface area contributed by atoms with Gasteiger partial charge in [0.05, 0.1) is 6.61 Å². The quantitative estimate of drug-likeness (QED) is 0.765. The molecule has 0 spiro atoms. The first-order chi connectivity index (χ1) is 7.74. The third kappa shape index (κ3) is 4.99. The molecule has 1 N–H and O–H groups in total. The van der Waals surface area contributed by atoms with Crippen LogP contribution in [0.25, 0.3) is 0 Å². The molecule has 0 aliphatic carbocycles. The largest absolute Gasteiger partial charge is 0.382 e. The van der Waals surface area contributed by atoms with Crippen LogP contribution in [0.3, 0.4) is 0 Å². The van der Waals surface area contributed by atoms with Gasteiger partial charge in [0.2, 0.25) is 0 Å². The van der Waals surface area contributed by atoms with Crippen LogP contribution in [0.5, 0.6) is 0 Å². The van der Waals surface area contributed by atoms with E-state index in [-0.39, 0.29) is 0 Å². The van der Waals surface area contributed by atoms with Crippen LogP contribution in [0.2, 0.25) is 0 Å². The van der Waals surface area contributed by atoms with E-state index in [0.717, 1.165) is 30.7 Å². The highest BCUT2D eigenvalue weighted by atomic mass is 79.9. The maximum absolute atomic E-state index is 5.49. The van der Waals surface area contributed by atoms with Crippen molar-refractivity contribution in [3.8, 4) is 0 Å². The summed E-state index contributed by atoms with van der Waals surface area (Å²) in [6.07, 6.45) is 2.34. The average molecular weight is 286 g/mol. The van der Waals surface area contributed by atoms with Crippen molar-refractivity contribution in [3.63, 3.8) is 0 Å². The second-order valence-corrected chi connectivity index (χ2v) is 4.77. The molecular formula is C13H20BrNO. The number of ether oxygens (including phenoxy) is 1. The van der Waals surface area contributed by atoms with Crippen molar-refractivity contribution in [2.75, 3.05) is 25.1 Å². The predicted molar refractivity (Wildman–Crippen MR) is 73.1 cm³/mol. The zero-order valence-corrected chi connectivity index (χ0v) is 11.6. The summed E-state index contributed by atoms with van der Waals surface area (Å²) in [7, 11) is 0. The molecule has 0 aromatic heterocycles. The van der Waals surface area contributed by atoms with Crippen molar-refractivity contribution in [3.05, 3.63) is 28.2 Å². The molecule has 1 aromatic rings. The SMILES string of the molecule is CCCCOCCNc1cc(Br)ccc1C. The number of unbranched alkanes of at least 4 members (excludes halogenated alkanes) is 1. The summed E-state index contributed by atoms with van der Waals surface area (Å²) in [5.41, 5.74) is 2.44. The Bertz CT molecular complexity index is 315. The standard InChI is InChI=1S/C13H20BrNO/c1-3-4-8-16-9-7-15-13-10-12(14)6-5-11(13)2/h5-6,10,15H,3-4,7-9H2,1-2H3. The molecule has 0 aliphatic rings. The summed E-state index contributed by atoms with van der Waals surface area (Å²) in [5.74, 6) is 0. The maximum Gasteiger partial charge on any atom is 0.0639 e. The number of hydrogen-bond acceptors (Lipinski definition) is 2. The highest BCUT2D eigenvalue weighted by molar-refractivity contribution is 9.10. The summed E-state index contributed by atoms with van der Waals surface area (Å²) in [6, 6.07) is 6.25. The summed E-state index contributed by atoms with van der Waals surface area (Å²) in [4.78, 5) is 0. The first-order valence-corrected chi connectivity index (χ1v) is 6.61. The molecule has 1 rings (SSSR count). The second-order valence-electron chi connectivity index (χ2n) is 3.85. The van der Waals surface area contributed by atoms with Gasteiger partial charge < -0.3 is 10.1 Å². The van der Waals surface area contributed by atoms with Gasteiger partial charge in [0.15, 0.2) is 0 Å². The van der Waals surface area contributed by atoms with Gasteiger partial charge in [-0.15, -0.1) is 0 Å². The molecule has 0 saturated carbocycles. The van der Waals surface area contributed by atoms with E-state index in [1.54, 1.807) is 0 Å². The average Bonchev–Trinajstić information content (AvgIpc) is 2.28. The molecule has 16 heavy (non-hydrogen) atoms. The number of aryl methyl sites for hydroxylation is 1. The van der Waals surface area contributed by atoms with Gasteiger partial charge >= 0.3 is 0 Å². The minimum atomic E-state index is 0.770. The van der Waals surface area contributed by atoms with Crippen molar-refractivity contribution in [1.29, 1.82) is 0 Å². The van der Waals surface area contributed by atoms with Crippen molar-refractivity contribution in [2.45, 2.75) is 26.7 Å². The van der Waals surface area contributed by atoms with Gasteiger partial charge in [-0.1, -0.05) is 35.3 Å². The molecule has 1 aromatic carbocycles. The second kappa shape index (κ2) is 7.69. The van der Waals surface area contributed by atoms with Crippen LogP contribution in [-0.2, 0) is 4.74 Å². The monoisotopic (exact) mass is 285 g/mol. The zero-order valence-electron chi connectivity index (χ0n) is 10.1. The van der Waals surface area contributed by atoms with E-state index in [9.17, 15) is 0 Å².